The Balaban J connectivity index is 5.96. The van der Waals surface area contributed by atoms with Crippen LogP contribution in [-0.4, -0.2) is 30.2 Å². The lowest BCUT2D eigenvalue weighted by molar-refractivity contribution is -0.135. The first kappa shape index (κ1) is 20.9. The predicted octanol–water partition coefficient (Wildman–Crippen LogP) is 4.93. The van der Waals surface area contributed by atoms with Crippen LogP contribution in [0.15, 0.2) is 11.6 Å². The third-order valence-electron chi connectivity index (χ3n) is 4.46. The van der Waals surface area contributed by atoms with Crippen molar-refractivity contribution in [1.29, 1.82) is 0 Å². The van der Waals surface area contributed by atoms with E-state index in [4.69, 9.17) is 5.11 Å². The van der Waals surface area contributed by atoms with Gasteiger partial charge in [-0.2, -0.15) is 0 Å². The Labute approximate surface area is 135 Å². The van der Waals surface area contributed by atoms with Crippen molar-refractivity contribution >= 4 is 20.0 Å². The summed E-state index contributed by atoms with van der Waals surface area (Å²) in [7, 11) is -1.85. The molecule has 0 saturated carbocycles. The van der Waals surface area contributed by atoms with Gasteiger partial charge in [0.05, 0.1) is 8.07 Å². The Bertz CT molecular complexity index is 373. The molecule has 0 fully saturated rings. The van der Waals surface area contributed by atoms with Gasteiger partial charge in [0.15, 0.2) is 0 Å². The predicted molar refractivity (Wildman–Crippen MR) is 93.1 cm³/mol. The topological polar surface area (TPSA) is 74.6 Å². The van der Waals surface area contributed by atoms with Gasteiger partial charge in [0.25, 0.3) is 0 Å². The molecular weight excluding hydrogens is 296 g/mol. The van der Waals surface area contributed by atoms with E-state index in [0.29, 0.717) is 0 Å². The largest absolute Gasteiger partial charge is 0.478 e. The minimum atomic E-state index is -1.85. The molecule has 0 aliphatic rings. The molecule has 2 N–H and O–H groups in total. The van der Waals surface area contributed by atoms with Gasteiger partial charge in [0, 0.05) is 11.6 Å². The van der Waals surface area contributed by atoms with Crippen molar-refractivity contribution in [2.24, 2.45) is 0 Å². The number of hydrogen-bond acceptors (Lipinski definition) is 2. The average Bonchev–Trinajstić information content (AvgIpc) is 2.43. The van der Waals surface area contributed by atoms with Crippen molar-refractivity contribution < 1.29 is 19.8 Å². The maximum Gasteiger partial charge on any atom is 0.331 e. The van der Waals surface area contributed by atoms with E-state index >= 15 is 0 Å². The van der Waals surface area contributed by atoms with Gasteiger partial charge >= 0.3 is 11.9 Å². The molecule has 0 aromatic rings. The first-order chi connectivity index (χ1) is 10.4. The molecular formula is C17H32O4Si. The standard InChI is InChI=1S/C17H32O4Si/c1-5-9-15(14(17(20)21)13-16(18)19)22(10-6-2,11-7-3)12-8-4/h13,15H,5-12H2,1-4H3,(H,18,19)(H,20,21)/b14-13-. The van der Waals surface area contributed by atoms with Gasteiger partial charge in [-0.1, -0.05) is 71.5 Å². The summed E-state index contributed by atoms with van der Waals surface area (Å²) in [6, 6.07) is 3.26. The van der Waals surface area contributed by atoms with E-state index in [9.17, 15) is 14.7 Å². The van der Waals surface area contributed by atoms with Gasteiger partial charge in [0.1, 0.15) is 0 Å². The normalized spacial score (nSPS) is 13.9. The van der Waals surface area contributed by atoms with E-state index in [1.54, 1.807) is 0 Å². The second-order valence-corrected chi connectivity index (χ2v) is 11.1. The highest BCUT2D eigenvalue weighted by atomic mass is 28.3. The SMILES string of the molecule is CCCC(/C(=C/C(=O)O)C(=O)O)[Si](CCC)(CCC)CCC. The van der Waals surface area contributed by atoms with Gasteiger partial charge in [-0.05, 0) is 12.0 Å². The molecule has 0 saturated heterocycles. The number of aliphatic carboxylic acids is 2. The van der Waals surface area contributed by atoms with Crippen LogP contribution in [0.2, 0.25) is 23.7 Å². The van der Waals surface area contributed by atoms with E-state index in [1.165, 1.54) is 0 Å². The van der Waals surface area contributed by atoms with E-state index in [0.717, 1.165) is 56.3 Å². The quantitative estimate of drug-likeness (QED) is 0.393. The van der Waals surface area contributed by atoms with Gasteiger partial charge in [-0.3, -0.25) is 0 Å². The molecule has 4 nitrogen and oxygen atoms in total. The summed E-state index contributed by atoms with van der Waals surface area (Å²) in [5, 5.41) is 18.7. The third-order valence-corrected chi connectivity index (χ3v) is 11.0. The molecule has 0 aromatic heterocycles. The van der Waals surface area contributed by atoms with Crippen LogP contribution in [0.25, 0.3) is 0 Å². The summed E-state index contributed by atoms with van der Waals surface area (Å²) in [6.07, 6.45) is 5.77. The zero-order valence-electron chi connectivity index (χ0n) is 14.5. The van der Waals surface area contributed by atoms with Crippen LogP contribution in [0, 0.1) is 0 Å². The maximum absolute atomic E-state index is 11.7. The molecule has 0 rings (SSSR count). The summed E-state index contributed by atoms with van der Waals surface area (Å²) in [5.74, 6) is -2.20. The zero-order chi connectivity index (χ0) is 17.2. The molecule has 0 amide bonds. The maximum atomic E-state index is 11.7. The average molecular weight is 329 g/mol. The molecule has 0 aliphatic heterocycles. The Morgan fingerprint density at radius 3 is 1.64 bits per heavy atom. The molecule has 0 bridgehead atoms. The highest BCUT2D eigenvalue weighted by Crippen LogP contribution is 2.44. The Kier molecular flexibility index (Phi) is 10.1. The number of carbonyl (C=O) groups is 2. The fourth-order valence-electron chi connectivity index (χ4n) is 3.92. The molecule has 5 heteroatoms. The summed E-state index contributed by atoms with van der Waals surface area (Å²) >= 11 is 0. The molecule has 1 atom stereocenters. The van der Waals surface area contributed by atoms with Crippen molar-refractivity contribution in [2.45, 2.75) is 83.5 Å². The van der Waals surface area contributed by atoms with Crippen molar-refractivity contribution in [1.82, 2.24) is 0 Å². The lowest BCUT2D eigenvalue weighted by Gasteiger charge is -2.40. The van der Waals surface area contributed by atoms with Crippen molar-refractivity contribution in [3.05, 3.63) is 11.6 Å². The Morgan fingerprint density at radius 2 is 1.36 bits per heavy atom. The third kappa shape index (κ3) is 5.95. The Morgan fingerprint density at radius 1 is 0.909 bits per heavy atom. The summed E-state index contributed by atoms with van der Waals surface area (Å²) in [6.45, 7) is 8.50. The van der Waals surface area contributed by atoms with Crippen LogP contribution in [0.4, 0.5) is 0 Å². The van der Waals surface area contributed by atoms with Gasteiger partial charge in [-0.25, -0.2) is 9.59 Å². The number of hydrogen-bond donors (Lipinski definition) is 2. The minimum absolute atomic E-state index is 0.0500. The van der Waals surface area contributed by atoms with Crippen LogP contribution in [0.3, 0.4) is 0 Å². The number of carboxylic acid groups (broad SMARTS) is 2. The number of carboxylic acids is 2. The van der Waals surface area contributed by atoms with Crippen LogP contribution in [-0.2, 0) is 9.59 Å². The molecule has 0 aromatic carbocycles. The Hall–Kier alpha value is -1.10. The molecule has 1 unspecified atom stereocenters. The fraction of sp³-hybridized carbons (Fsp3) is 0.765. The lowest BCUT2D eigenvalue weighted by Crippen LogP contribution is -2.41. The van der Waals surface area contributed by atoms with Crippen molar-refractivity contribution in [3.63, 3.8) is 0 Å². The molecule has 22 heavy (non-hydrogen) atoms. The van der Waals surface area contributed by atoms with E-state index < -0.39 is 20.0 Å². The first-order valence-electron chi connectivity index (χ1n) is 8.56. The summed E-state index contributed by atoms with van der Waals surface area (Å²) in [5.41, 5.74) is 0.0855. The highest BCUT2D eigenvalue weighted by Gasteiger charge is 2.42. The monoisotopic (exact) mass is 328 g/mol. The van der Waals surface area contributed by atoms with Crippen LogP contribution in [0.1, 0.15) is 59.8 Å². The first-order valence-corrected chi connectivity index (χ1v) is 11.3. The van der Waals surface area contributed by atoms with E-state index in [2.05, 4.69) is 27.7 Å². The summed E-state index contributed by atoms with van der Waals surface area (Å²) < 4.78 is 0. The van der Waals surface area contributed by atoms with Gasteiger partial charge < -0.3 is 10.2 Å². The molecule has 0 radical (unpaired) electrons. The second-order valence-electron chi connectivity index (χ2n) is 6.20. The van der Waals surface area contributed by atoms with Crippen LogP contribution >= 0.6 is 0 Å². The highest BCUT2D eigenvalue weighted by molar-refractivity contribution is 6.82. The van der Waals surface area contributed by atoms with Crippen molar-refractivity contribution in [3.8, 4) is 0 Å². The van der Waals surface area contributed by atoms with Crippen LogP contribution in [0.5, 0.6) is 0 Å². The van der Waals surface area contributed by atoms with E-state index in [1.807, 2.05) is 0 Å². The molecule has 0 heterocycles. The number of rotatable bonds is 12. The van der Waals surface area contributed by atoms with E-state index in [-0.39, 0.29) is 11.1 Å². The zero-order valence-corrected chi connectivity index (χ0v) is 15.5. The molecule has 0 aliphatic carbocycles. The lowest BCUT2D eigenvalue weighted by atomic mass is 10.1. The van der Waals surface area contributed by atoms with Crippen molar-refractivity contribution in [2.75, 3.05) is 0 Å². The van der Waals surface area contributed by atoms with Gasteiger partial charge in [0.2, 0.25) is 0 Å². The fourth-order valence-corrected chi connectivity index (χ4v) is 10.5. The molecule has 128 valence electrons. The minimum Gasteiger partial charge on any atom is -0.478 e. The smallest absolute Gasteiger partial charge is 0.331 e. The molecule has 0 spiro atoms. The second kappa shape index (κ2) is 10.6. The van der Waals surface area contributed by atoms with Crippen LogP contribution < -0.4 is 0 Å². The summed E-state index contributed by atoms with van der Waals surface area (Å²) in [4.78, 5) is 22.8. The van der Waals surface area contributed by atoms with Gasteiger partial charge in [-0.15, -0.1) is 0 Å².